The van der Waals surface area contributed by atoms with Gasteiger partial charge in [0.2, 0.25) is 10.0 Å². The van der Waals surface area contributed by atoms with E-state index >= 15 is 0 Å². The molecular formula is C13H19F3N2O2S. The van der Waals surface area contributed by atoms with Crippen LogP contribution in [-0.2, 0) is 16.6 Å². The third-order valence-corrected chi connectivity index (χ3v) is 4.57. The van der Waals surface area contributed by atoms with Crippen molar-refractivity contribution in [2.24, 2.45) is 0 Å². The Hall–Kier alpha value is -1.12. The van der Waals surface area contributed by atoms with Crippen LogP contribution in [0.5, 0.6) is 0 Å². The smallest absolute Gasteiger partial charge is 0.310 e. The van der Waals surface area contributed by atoms with Gasteiger partial charge in [-0.25, -0.2) is 8.42 Å². The second-order valence-corrected chi connectivity index (χ2v) is 7.10. The van der Waals surface area contributed by atoms with Gasteiger partial charge in [0, 0.05) is 19.6 Å². The van der Waals surface area contributed by atoms with Crippen molar-refractivity contribution in [1.82, 2.24) is 9.62 Å². The summed E-state index contributed by atoms with van der Waals surface area (Å²) in [5.41, 5.74) is 0.862. The second-order valence-electron chi connectivity index (χ2n) is 5.06. The van der Waals surface area contributed by atoms with Gasteiger partial charge in [-0.3, -0.25) is 0 Å². The van der Waals surface area contributed by atoms with Crippen LogP contribution in [0.2, 0.25) is 0 Å². The van der Waals surface area contributed by atoms with Crippen LogP contribution in [0.25, 0.3) is 0 Å². The number of benzene rings is 1. The predicted molar refractivity (Wildman–Crippen MR) is 74.3 cm³/mol. The van der Waals surface area contributed by atoms with E-state index in [2.05, 4.69) is 5.32 Å². The minimum Gasteiger partial charge on any atom is -0.310 e. The molecule has 0 saturated carbocycles. The molecule has 0 aliphatic carbocycles. The zero-order chi connectivity index (χ0) is 16.3. The fourth-order valence-corrected chi connectivity index (χ4v) is 2.77. The van der Waals surface area contributed by atoms with E-state index in [1.807, 2.05) is 13.8 Å². The first kappa shape index (κ1) is 17.9. The van der Waals surface area contributed by atoms with Crippen LogP contribution in [0.1, 0.15) is 19.4 Å². The summed E-state index contributed by atoms with van der Waals surface area (Å²) in [5.74, 6) is 0. The number of rotatable bonds is 6. The Morgan fingerprint density at radius 3 is 2.14 bits per heavy atom. The number of halogens is 3. The molecule has 0 unspecified atom stereocenters. The predicted octanol–water partition coefficient (Wildman–Crippen LogP) is 2.37. The Kier molecular flexibility index (Phi) is 5.77. The highest BCUT2D eigenvalue weighted by Gasteiger charge is 2.34. The van der Waals surface area contributed by atoms with Gasteiger partial charge in [0.1, 0.15) is 6.54 Å². The van der Waals surface area contributed by atoms with Crippen molar-refractivity contribution in [2.45, 2.75) is 37.5 Å². The van der Waals surface area contributed by atoms with Crippen molar-refractivity contribution in [3.8, 4) is 0 Å². The summed E-state index contributed by atoms with van der Waals surface area (Å²) < 4.78 is 61.1. The summed E-state index contributed by atoms with van der Waals surface area (Å²) in [6, 6.07) is 6.10. The minimum absolute atomic E-state index is 0.150. The molecule has 1 aromatic carbocycles. The number of nitrogens with one attached hydrogen (secondary N) is 1. The fraction of sp³-hybridized carbons (Fsp3) is 0.538. The Morgan fingerprint density at radius 2 is 1.71 bits per heavy atom. The van der Waals surface area contributed by atoms with Crippen molar-refractivity contribution in [3.05, 3.63) is 29.8 Å². The number of nitrogens with zero attached hydrogens (tertiary/aromatic N) is 1. The maximum atomic E-state index is 12.3. The number of alkyl halides is 3. The highest BCUT2D eigenvalue weighted by Crippen LogP contribution is 2.21. The summed E-state index contributed by atoms with van der Waals surface area (Å²) in [6.45, 7) is 3.01. The Labute approximate surface area is 123 Å². The number of hydrogen-bond donors (Lipinski definition) is 1. The molecule has 0 fully saturated rings. The lowest BCUT2D eigenvalue weighted by Gasteiger charge is -2.19. The van der Waals surface area contributed by atoms with Crippen LogP contribution in [0, 0.1) is 0 Å². The van der Waals surface area contributed by atoms with Crippen LogP contribution in [-0.4, -0.2) is 38.5 Å². The SMILES string of the molecule is CC(C)NCc1ccc(S(=O)(=O)N(C)CC(F)(F)F)cc1. The third-order valence-electron chi connectivity index (χ3n) is 2.75. The molecule has 0 saturated heterocycles. The summed E-state index contributed by atoms with van der Waals surface area (Å²) in [7, 11) is -3.21. The van der Waals surface area contributed by atoms with Crippen LogP contribution in [0.15, 0.2) is 29.2 Å². The van der Waals surface area contributed by atoms with Gasteiger partial charge >= 0.3 is 6.18 Å². The zero-order valence-electron chi connectivity index (χ0n) is 12.1. The summed E-state index contributed by atoms with van der Waals surface area (Å²) in [5, 5.41) is 3.17. The van der Waals surface area contributed by atoms with E-state index in [9.17, 15) is 21.6 Å². The van der Waals surface area contributed by atoms with Gasteiger partial charge in [0.25, 0.3) is 0 Å². The van der Waals surface area contributed by atoms with E-state index < -0.39 is 22.7 Å². The molecule has 0 heterocycles. The Bertz CT molecular complexity index is 554. The standard InChI is InChI=1S/C13H19F3N2O2S/c1-10(2)17-8-11-4-6-12(7-5-11)21(19,20)18(3)9-13(14,15)16/h4-7,10,17H,8-9H2,1-3H3. The van der Waals surface area contributed by atoms with Crippen LogP contribution >= 0.6 is 0 Å². The molecule has 0 bridgehead atoms. The normalized spacial score (nSPS) is 13.1. The van der Waals surface area contributed by atoms with E-state index in [1.165, 1.54) is 12.1 Å². The van der Waals surface area contributed by atoms with Gasteiger partial charge < -0.3 is 5.32 Å². The summed E-state index contributed by atoms with van der Waals surface area (Å²) >= 11 is 0. The van der Waals surface area contributed by atoms with Gasteiger partial charge in [-0.1, -0.05) is 26.0 Å². The van der Waals surface area contributed by atoms with Gasteiger partial charge in [-0.15, -0.1) is 0 Å². The monoisotopic (exact) mass is 324 g/mol. The molecule has 1 rings (SSSR count). The van der Waals surface area contributed by atoms with Gasteiger partial charge in [0.15, 0.2) is 0 Å². The average molecular weight is 324 g/mol. The molecule has 0 atom stereocenters. The number of sulfonamides is 1. The molecule has 120 valence electrons. The van der Waals surface area contributed by atoms with E-state index in [0.29, 0.717) is 10.8 Å². The van der Waals surface area contributed by atoms with Crippen molar-refractivity contribution >= 4 is 10.0 Å². The van der Waals surface area contributed by atoms with E-state index in [-0.39, 0.29) is 10.9 Å². The van der Waals surface area contributed by atoms with Gasteiger partial charge in [-0.05, 0) is 17.7 Å². The van der Waals surface area contributed by atoms with E-state index in [0.717, 1.165) is 12.6 Å². The van der Waals surface area contributed by atoms with Crippen molar-refractivity contribution in [3.63, 3.8) is 0 Å². The van der Waals surface area contributed by atoms with Gasteiger partial charge in [0.05, 0.1) is 4.90 Å². The molecule has 0 radical (unpaired) electrons. The Morgan fingerprint density at radius 1 is 1.19 bits per heavy atom. The summed E-state index contributed by atoms with van der Waals surface area (Å²) in [6.07, 6.45) is -4.57. The molecule has 8 heteroatoms. The highest BCUT2D eigenvalue weighted by molar-refractivity contribution is 7.89. The number of hydrogen-bond acceptors (Lipinski definition) is 3. The minimum atomic E-state index is -4.57. The molecule has 0 aromatic heterocycles. The lowest BCUT2D eigenvalue weighted by Crippen LogP contribution is -2.35. The Balaban J connectivity index is 2.85. The largest absolute Gasteiger partial charge is 0.402 e. The molecule has 0 spiro atoms. The second kappa shape index (κ2) is 6.76. The first-order chi connectivity index (χ1) is 9.52. The third kappa shape index (κ3) is 5.64. The topological polar surface area (TPSA) is 49.4 Å². The van der Waals surface area contributed by atoms with E-state index in [4.69, 9.17) is 0 Å². The molecule has 21 heavy (non-hydrogen) atoms. The molecule has 1 N–H and O–H groups in total. The fourth-order valence-electron chi connectivity index (χ4n) is 1.62. The van der Waals surface area contributed by atoms with Crippen molar-refractivity contribution in [2.75, 3.05) is 13.6 Å². The average Bonchev–Trinajstić information content (AvgIpc) is 2.34. The molecule has 0 aliphatic heterocycles. The first-order valence-electron chi connectivity index (χ1n) is 6.38. The van der Waals surface area contributed by atoms with E-state index in [1.54, 1.807) is 12.1 Å². The van der Waals surface area contributed by atoms with Crippen LogP contribution < -0.4 is 5.32 Å². The van der Waals surface area contributed by atoms with Crippen molar-refractivity contribution in [1.29, 1.82) is 0 Å². The molecule has 0 amide bonds. The highest BCUT2D eigenvalue weighted by atomic mass is 32.2. The van der Waals surface area contributed by atoms with Crippen molar-refractivity contribution < 1.29 is 21.6 Å². The molecular weight excluding hydrogens is 305 g/mol. The lowest BCUT2D eigenvalue weighted by atomic mass is 10.2. The van der Waals surface area contributed by atoms with Crippen LogP contribution in [0.3, 0.4) is 0 Å². The maximum absolute atomic E-state index is 12.3. The maximum Gasteiger partial charge on any atom is 0.402 e. The lowest BCUT2D eigenvalue weighted by molar-refractivity contribution is -0.134. The molecule has 0 aliphatic rings. The summed E-state index contributed by atoms with van der Waals surface area (Å²) in [4.78, 5) is -0.150. The molecule has 1 aromatic rings. The van der Waals surface area contributed by atoms with Crippen LogP contribution in [0.4, 0.5) is 13.2 Å². The van der Waals surface area contributed by atoms with Gasteiger partial charge in [-0.2, -0.15) is 17.5 Å². The first-order valence-corrected chi connectivity index (χ1v) is 7.82. The zero-order valence-corrected chi connectivity index (χ0v) is 12.9. The molecule has 4 nitrogen and oxygen atoms in total. The quantitative estimate of drug-likeness (QED) is 0.874.